The van der Waals surface area contributed by atoms with Crippen molar-refractivity contribution < 1.29 is 9.53 Å². The van der Waals surface area contributed by atoms with Crippen LogP contribution in [0.3, 0.4) is 0 Å². The molecule has 2 aliphatic rings. The van der Waals surface area contributed by atoms with Crippen LogP contribution in [-0.4, -0.2) is 42.2 Å². The van der Waals surface area contributed by atoms with E-state index in [2.05, 4.69) is 17.2 Å². The summed E-state index contributed by atoms with van der Waals surface area (Å²) in [5.41, 5.74) is 0.649. The van der Waals surface area contributed by atoms with Gasteiger partial charge in [-0.05, 0) is 45.0 Å². The van der Waals surface area contributed by atoms with E-state index in [4.69, 9.17) is 4.74 Å². The molecule has 1 amide bonds. The van der Waals surface area contributed by atoms with Gasteiger partial charge in [-0.15, -0.1) is 0 Å². The van der Waals surface area contributed by atoms with E-state index in [1.165, 1.54) is 0 Å². The normalized spacial score (nSPS) is 26.7. The zero-order chi connectivity index (χ0) is 13.3. The number of nitrogens with zero attached hydrogens (tertiary/aromatic N) is 2. The highest BCUT2D eigenvalue weighted by atomic mass is 16.5. The van der Waals surface area contributed by atoms with E-state index in [1.54, 1.807) is 12.4 Å². The number of nitrogens with one attached hydrogen (secondary N) is 1. The third-order valence-electron chi connectivity index (χ3n) is 4.27. The predicted molar refractivity (Wildman–Crippen MR) is 72.0 cm³/mol. The molecular formula is C14H19N3O2. The number of hydrogen-bond acceptors (Lipinski definition) is 4. The molecule has 1 atom stereocenters. The van der Waals surface area contributed by atoms with Gasteiger partial charge in [0.2, 0.25) is 0 Å². The molecule has 0 saturated carbocycles. The minimum atomic E-state index is -0.213. The van der Waals surface area contributed by atoms with E-state index in [1.807, 2.05) is 17.0 Å². The Hall–Kier alpha value is -1.46. The molecule has 1 aromatic heterocycles. The predicted octanol–water partition coefficient (Wildman–Crippen LogP) is 0.955. The largest absolute Gasteiger partial charge is 0.363 e. The lowest BCUT2D eigenvalue weighted by atomic mass is 9.83. The van der Waals surface area contributed by atoms with Gasteiger partial charge >= 0.3 is 0 Å². The number of carbonyl (C=O) groups excluding carboxylic acids is 1. The summed E-state index contributed by atoms with van der Waals surface area (Å²) >= 11 is 0. The summed E-state index contributed by atoms with van der Waals surface area (Å²) in [6.07, 6.45) is 5.35. The fraction of sp³-hybridized carbons (Fsp3) is 0.571. The van der Waals surface area contributed by atoms with Crippen LogP contribution in [0.25, 0.3) is 0 Å². The molecule has 2 fully saturated rings. The van der Waals surface area contributed by atoms with Gasteiger partial charge < -0.3 is 15.0 Å². The first-order valence-corrected chi connectivity index (χ1v) is 6.80. The number of carbonyl (C=O) groups is 1. The van der Waals surface area contributed by atoms with Crippen LogP contribution in [0.5, 0.6) is 0 Å². The molecule has 2 saturated heterocycles. The Balaban J connectivity index is 1.92. The van der Waals surface area contributed by atoms with Gasteiger partial charge in [0.05, 0.1) is 23.5 Å². The van der Waals surface area contributed by atoms with Gasteiger partial charge in [0.25, 0.3) is 5.91 Å². The lowest BCUT2D eigenvalue weighted by Gasteiger charge is -2.49. The van der Waals surface area contributed by atoms with Gasteiger partial charge in [-0.3, -0.25) is 9.78 Å². The second-order valence-corrected chi connectivity index (χ2v) is 5.25. The van der Waals surface area contributed by atoms with Crippen molar-refractivity contribution in [3.8, 4) is 0 Å². The molecule has 0 radical (unpaired) electrons. The van der Waals surface area contributed by atoms with Crippen molar-refractivity contribution >= 4 is 11.6 Å². The first-order chi connectivity index (χ1) is 9.23. The quantitative estimate of drug-likeness (QED) is 0.818. The third-order valence-corrected chi connectivity index (χ3v) is 4.27. The van der Waals surface area contributed by atoms with Crippen molar-refractivity contribution in [1.29, 1.82) is 0 Å². The topological polar surface area (TPSA) is 54.5 Å². The molecule has 5 nitrogen and oxygen atoms in total. The summed E-state index contributed by atoms with van der Waals surface area (Å²) in [4.78, 5) is 18.2. The molecule has 1 spiro atoms. The zero-order valence-corrected chi connectivity index (χ0v) is 11.1. The number of hydrogen-bond donors (Lipinski definition) is 1. The fourth-order valence-electron chi connectivity index (χ4n) is 3.12. The summed E-state index contributed by atoms with van der Waals surface area (Å²) in [5, 5.41) is 3.35. The molecule has 0 aliphatic carbocycles. The van der Waals surface area contributed by atoms with Crippen LogP contribution in [0.2, 0.25) is 0 Å². The number of rotatable bonds is 1. The number of anilines is 1. The van der Waals surface area contributed by atoms with E-state index in [-0.39, 0.29) is 24.2 Å². The van der Waals surface area contributed by atoms with Crippen LogP contribution in [0.1, 0.15) is 19.8 Å². The molecule has 3 heterocycles. The first kappa shape index (κ1) is 12.6. The highest BCUT2D eigenvalue weighted by Gasteiger charge is 2.47. The van der Waals surface area contributed by atoms with Crippen molar-refractivity contribution in [2.75, 3.05) is 24.6 Å². The SMILES string of the molecule is C[C@H]1N(c2cccnc2)C(=O)COC12CCNCC2. The van der Waals surface area contributed by atoms with Crippen molar-refractivity contribution in [3.63, 3.8) is 0 Å². The highest BCUT2D eigenvalue weighted by molar-refractivity contribution is 5.95. The maximum atomic E-state index is 12.2. The van der Waals surface area contributed by atoms with Gasteiger partial charge in [-0.25, -0.2) is 0 Å². The number of morpholine rings is 1. The standard InChI is InChI=1S/C14H19N3O2/c1-11-14(4-7-15-8-5-14)19-10-13(18)17(11)12-3-2-6-16-9-12/h2-3,6,9,11,15H,4-5,7-8,10H2,1H3/t11-/m1/s1. The molecule has 5 heteroatoms. The Morgan fingerprint density at radius 3 is 2.95 bits per heavy atom. The van der Waals surface area contributed by atoms with Crippen molar-refractivity contribution in [1.82, 2.24) is 10.3 Å². The second-order valence-electron chi connectivity index (χ2n) is 5.25. The number of piperidine rings is 1. The zero-order valence-electron chi connectivity index (χ0n) is 11.1. The van der Waals surface area contributed by atoms with Crippen molar-refractivity contribution in [3.05, 3.63) is 24.5 Å². The molecule has 2 aliphatic heterocycles. The molecule has 0 unspecified atom stereocenters. The van der Waals surface area contributed by atoms with E-state index in [0.29, 0.717) is 0 Å². The molecule has 1 N–H and O–H groups in total. The van der Waals surface area contributed by atoms with Gasteiger partial charge in [0.15, 0.2) is 0 Å². The van der Waals surface area contributed by atoms with E-state index >= 15 is 0 Å². The number of amides is 1. The van der Waals surface area contributed by atoms with Crippen molar-refractivity contribution in [2.24, 2.45) is 0 Å². The summed E-state index contributed by atoms with van der Waals surface area (Å²) in [6.45, 7) is 4.13. The molecule has 1 aromatic rings. The third kappa shape index (κ3) is 2.13. The summed E-state index contributed by atoms with van der Waals surface area (Å²) in [5.74, 6) is 0.0182. The van der Waals surface area contributed by atoms with Crippen LogP contribution in [0.4, 0.5) is 5.69 Å². The average Bonchev–Trinajstić information content (AvgIpc) is 2.46. The first-order valence-electron chi connectivity index (χ1n) is 6.80. The fourth-order valence-corrected chi connectivity index (χ4v) is 3.12. The summed E-state index contributed by atoms with van der Waals surface area (Å²) < 4.78 is 5.93. The lowest BCUT2D eigenvalue weighted by Crippen LogP contribution is -2.64. The lowest BCUT2D eigenvalue weighted by molar-refractivity contribution is -0.148. The van der Waals surface area contributed by atoms with E-state index in [9.17, 15) is 4.79 Å². The smallest absolute Gasteiger partial charge is 0.253 e. The molecule has 102 valence electrons. The Morgan fingerprint density at radius 1 is 1.47 bits per heavy atom. The molecule has 0 aromatic carbocycles. The minimum absolute atomic E-state index is 0.0182. The van der Waals surface area contributed by atoms with E-state index < -0.39 is 0 Å². The van der Waals surface area contributed by atoms with E-state index in [0.717, 1.165) is 31.6 Å². The Morgan fingerprint density at radius 2 is 2.26 bits per heavy atom. The molecule has 3 rings (SSSR count). The van der Waals surface area contributed by atoms with Gasteiger partial charge in [-0.2, -0.15) is 0 Å². The van der Waals surface area contributed by atoms with Crippen LogP contribution in [0.15, 0.2) is 24.5 Å². The Labute approximate surface area is 113 Å². The maximum absolute atomic E-state index is 12.2. The molecule has 19 heavy (non-hydrogen) atoms. The number of ether oxygens (including phenoxy) is 1. The monoisotopic (exact) mass is 261 g/mol. The summed E-state index contributed by atoms with van der Waals surface area (Å²) in [6, 6.07) is 3.83. The van der Waals surface area contributed by atoms with Crippen LogP contribution in [-0.2, 0) is 9.53 Å². The van der Waals surface area contributed by atoms with Gasteiger partial charge in [0.1, 0.15) is 6.61 Å². The second kappa shape index (κ2) is 4.90. The number of aromatic nitrogens is 1. The Kier molecular flexibility index (Phi) is 3.24. The van der Waals surface area contributed by atoms with Crippen LogP contribution in [0, 0.1) is 0 Å². The van der Waals surface area contributed by atoms with Crippen LogP contribution >= 0.6 is 0 Å². The van der Waals surface area contributed by atoms with Gasteiger partial charge in [-0.1, -0.05) is 0 Å². The highest BCUT2D eigenvalue weighted by Crippen LogP contribution is 2.35. The van der Waals surface area contributed by atoms with Gasteiger partial charge in [0, 0.05) is 6.20 Å². The molecule has 0 bridgehead atoms. The number of pyridine rings is 1. The molecular weight excluding hydrogens is 242 g/mol. The minimum Gasteiger partial charge on any atom is -0.363 e. The van der Waals surface area contributed by atoms with Crippen LogP contribution < -0.4 is 10.2 Å². The summed E-state index contributed by atoms with van der Waals surface area (Å²) in [7, 11) is 0. The van der Waals surface area contributed by atoms with Crippen molar-refractivity contribution in [2.45, 2.75) is 31.4 Å². The average molecular weight is 261 g/mol. The maximum Gasteiger partial charge on any atom is 0.253 e. The Bertz CT molecular complexity index is 457.